The maximum absolute atomic E-state index is 12.6. The van der Waals surface area contributed by atoms with Gasteiger partial charge in [0.25, 0.3) is 11.6 Å². The first-order valence-electron chi connectivity index (χ1n) is 8.00. The third-order valence-electron chi connectivity index (χ3n) is 4.30. The van der Waals surface area contributed by atoms with Gasteiger partial charge in [-0.05, 0) is 41.8 Å². The number of nitro groups is 1. The minimum atomic E-state index is -0.497. The minimum absolute atomic E-state index is 0.0888. The fourth-order valence-electron chi connectivity index (χ4n) is 2.80. The van der Waals surface area contributed by atoms with Crippen molar-refractivity contribution in [3.05, 3.63) is 87.5 Å². The van der Waals surface area contributed by atoms with Crippen molar-refractivity contribution in [1.29, 1.82) is 0 Å². The van der Waals surface area contributed by atoms with Crippen LogP contribution in [0.1, 0.15) is 34.5 Å². The van der Waals surface area contributed by atoms with Crippen molar-refractivity contribution in [1.82, 2.24) is 5.32 Å². The van der Waals surface area contributed by atoms with Crippen LogP contribution in [0.15, 0.2) is 60.7 Å². The van der Waals surface area contributed by atoms with E-state index >= 15 is 0 Å². The maximum atomic E-state index is 12.6. The second kappa shape index (κ2) is 6.73. The fourth-order valence-corrected chi connectivity index (χ4v) is 2.80. The summed E-state index contributed by atoms with van der Waals surface area (Å²) >= 11 is 0. The zero-order valence-electron chi connectivity index (χ0n) is 14.0. The summed E-state index contributed by atoms with van der Waals surface area (Å²) in [4.78, 5) is 23.0. The van der Waals surface area contributed by atoms with Crippen LogP contribution in [0, 0.1) is 17.0 Å². The highest BCUT2D eigenvalue weighted by Crippen LogP contribution is 2.22. The van der Waals surface area contributed by atoms with Crippen LogP contribution in [0.4, 0.5) is 5.69 Å². The van der Waals surface area contributed by atoms with Crippen molar-refractivity contribution >= 4 is 22.4 Å². The third-order valence-corrected chi connectivity index (χ3v) is 4.30. The zero-order valence-corrected chi connectivity index (χ0v) is 14.0. The van der Waals surface area contributed by atoms with E-state index in [0.29, 0.717) is 11.1 Å². The predicted octanol–water partition coefficient (Wildman–Crippen LogP) is 4.55. The molecule has 0 aliphatic rings. The number of hydrogen-bond donors (Lipinski definition) is 1. The number of benzene rings is 3. The van der Waals surface area contributed by atoms with Crippen LogP contribution >= 0.6 is 0 Å². The van der Waals surface area contributed by atoms with Gasteiger partial charge in [0.2, 0.25) is 0 Å². The van der Waals surface area contributed by atoms with Crippen molar-refractivity contribution in [2.75, 3.05) is 0 Å². The van der Waals surface area contributed by atoms with Gasteiger partial charge in [0.05, 0.1) is 11.0 Å². The van der Waals surface area contributed by atoms with E-state index in [1.165, 1.54) is 12.1 Å². The molecule has 5 heteroatoms. The SMILES string of the molecule is Cc1ccc([N+](=O)[O-])cc1C(=O)N[C@H](C)c1ccc2ccccc2c1. The van der Waals surface area contributed by atoms with Gasteiger partial charge >= 0.3 is 0 Å². The van der Waals surface area contributed by atoms with E-state index in [1.54, 1.807) is 13.0 Å². The topological polar surface area (TPSA) is 72.2 Å². The standard InChI is InChI=1S/C20H18N2O3/c1-13-7-10-18(22(24)25)12-19(13)20(23)21-14(2)16-9-8-15-5-3-4-6-17(15)11-16/h3-12,14H,1-2H3,(H,21,23)/t14-/m1/s1. The number of nitrogens with one attached hydrogen (secondary N) is 1. The molecule has 0 saturated heterocycles. The summed E-state index contributed by atoms with van der Waals surface area (Å²) in [5, 5.41) is 16.1. The van der Waals surface area contributed by atoms with Gasteiger partial charge in [0.1, 0.15) is 0 Å². The van der Waals surface area contributed by atoms with Gasteiger partial charge < -0.3 is 5.32 Å². The van der Waals surface area contributed by atoms with Crippen molar-refractivity contribution in [2.45, 2.75) is 19.9 Å². The van der Waals surface area contributed by atoms with E-state index in [-0.39, 0.29) is 17.6 Å². The molecule has 0 saturated carbocycles. The van der Waals surface area contributed by atoms with Crippen LogP contribution in [-0.2, 0) is 0 Å². The van der Waals surface area contributed by atoms with Gasteiger partial charge in [0, 0.05) is 17.7 Å². The first kappa shape index (κ1) is 16.6. The maximum Gasteiger partial charge on any atom is 0.270 e. The van der Waals surface area contributed by atoms with E-state index in [9.17, 15) is 14.9 Å². The van der Waals surface area contributed by atoms with E-state index in [4.69, 9.17) is 0 Å². The average Bonchev–Trinajstić information content (AvgIpc) is 2.61. The number of carbonyl (C=O) groups excluding carboxylic acids is 1. The van der Waals surface area contributed by atoms with Crippen LogP contribution in [-0.4, -0.2) is 10.8 Å². The van der Waals surface area contributed by atoms with Gasteiger partial charge in [-0.2, -0.15) is 0 Å². The number of aryl methyl sites for hydroxylation is 1. The predicted molar refractivity (Wildman–Crippen MR) is 97.7 cm³/mol. The van der Waals surface area contributed by atoms with Crippen LogP contribution < -0.4 is 5.32 Å². The molecule has 126 valence electrons. The Morgan fingerprint density at radius 2 is 1.76 bits per heavy atom. The molecule has 0 aliphatic carbocycles. The lowest BCUT2D eigenvalue weighted by Gasteiger charge is -2.16. The van der Waals surface area contributed by atoms with Crippen molar-refractivity contribution in [3.8, 4) is 0 Å². The molecule has 0 spiro atoms. The molecule has 0 bridgehead atoms. The van der Waals surface area contributed by atoms with Crippen LogP contribution in [0.25, 0.3) is 10.8 Å². The Labute approximate surface area is 145 Å². The molecule has 25 heavy (non-hydrogen) atoms. The summed E-state index contributed by atoms with van der Waals surface area (Å²) in [6.07, 6.45) is 0. The molecule has 3 rings (SSSR count). The minimum Gasteiger partial charge on any atom is -0.346 e. The molecule has 1 atom stereocenters. The summed E-state index contributed by atoms with van der Waals surface area (Å²) in [6.45, 7) is 3.66. The second-order valence-electron chi connectivity index (χ2n) is 6.06. The first-order valence-corrected chi connectivity index (χ1v) is 8.00. The highest BCUT2D eigenvalue weighted by atomic mass is 16.6. The summed E-state index contributed by atoms with van der Waals surface area (Å²) in [7, 11) is 0. The van der Waals surface area contributed by atoms with Gasteiger partial charge in [-0.1, -0.05) is 42.5 Å². The number of rotatable bonds is 4. The number of amides is 1. The number of hydrogen-bond acceptors (Lipinski definition) is 3. The lowest BCUT2D eigenvalue weighted by molar-refractivity contribution is -0.384. The number of carbonyl (C=O) groups is 1. The summed E-state index contributed by atoms with van der Waals surface area (Å²) < 4.78 is 0. The molecular weight excluding hydrogens is 316 g/mol. The molecule has 1 amide bonds. The van der Waals surface area contributed by atoms with E-state index < -0.39 is 4.92 Å². The lowest BCUT2D eigenvalue weighted by Crippen LogP contribution is -2.27. The Bertz CT molecular complexity index is 966. The van der Waals surface area contributed by atoms with E-state index in [2.05, 4.69) is 5.32 Å². The Morgan fingerprint density at radius 1 is 1.04 bits per heavy atom. The van der Waals surface area contributed by atoms with Gasteiger partial charge in [-0.15, -0.1) is 0 Å². The molecule has 3 aromatic rings. The van der Waals surface area contributed by atoms with Gasteiger partial charge in [0.15, 0.2) is 0 Å². The Hall–Kier alpha value is -3.21. The van der Waals surface area contributed by atoms with Gasteiger partial charge in [-0.25, -0.2) is 0 Å². The summed E-state index contributed by atoms with van der Waals surface area (Å²) in [5.41, 5.74) is 1.92. The summed E-state index contributed by atoms with van der Waals surface area (Å²) in [5.74, 6) is -0.318. The average molecular weight is 334 g/mol. The van der Waals surface area contributed by atoms with Crippen LogP contribution in [0.2, 0.25) is 0 Å². The second-order valence-corrected chi connectivity index (χ2v) is 6.06. The first-order chi connectivity index (χ1) is 12.0. The molecule has 0 aliphatic heterocycles. The molecule has 0 radical (unpaired) electrons. The molecule has 0 unspecified atom stereocenters. The molecule has 0 aromatic heterocycles. The Kier molecular flexibility index (Phi) is 4.48. The molecule has 0 heterocycles. The quantitative estimate of drug-likeness (QED) is 0.562. The highest BCUT2D eigenvalue weighted by Gasteiger charge is 2.17. The molecule has 1 N–H and O–H groups in total. The van der Waals surface area contributed by atoms with Crippen LogP contribution in [0.5, 0.6) is 0 Å². The number of fused-ring (bicyclic) bond motifs is 1. The largest absolute Gasteiger partial charge is 0.346 e. The van der Waals surface area contributed by atoms with Crippen LogP contribution in [0.3, 0.4) is 0 Å². The molecule has 5 nitrogen and oxygen atoms in total. The molecule has 3 aromatic carbocycles. The van der Waals surface area contributed by atoms with E-state index in [1.807, 2.05) is 49.4 Å². The number of nitro benzene ring substituents is 1. The molecule has 0 fully saturated rings. The highest BCUT2D eigenvalue weighted by molar-refractivity contribution is 5.96. The molecular formula is C20H18N2O3. The van der Waals surface area contributed by atoms with Gasteiger partial charge in [-0.3, -0.25) is 14.9 Å². The monoisotopic (exact) mass is 334 g/mol. The van der Waals surface area contributed by atoms with Crippen molar-refractivity contribution < 1.29 is 9.72 Å². The zero-order chi connectivity index (χ0) is 18.0. The number of non-ortho nitro benzene ring substituents is 1. The Balaban J connectivity index is 1.84. The lowest BCUT2D eigenvalue weighted by atomic mass is 10.0. The van der Waals surface area contributed by atoms with Crippen molar-refractivity contribution in [3.63, 3.8) is 0 Å². The third kappa shape index (κ3) is 3.50. The Morgan fingerprint density at radius 3 is 2.48 bits per heavy atom. The number of nitrogens with zero attached hydrogens (tertiary/aromatic N) is 1. The smallest absolute Gasteiger partial charge is 0.270 e. The summed E-state index contributed by atoms with van der Waals surface area (Å²) in [6, 6.07) is 18.2. The fraction of sp³-hybridized carbons (Fsp3) is 0.150. The normalized spacial score (nSPS) is 11.9. The van der Waals surface area contributed by atoms with E-state index in [0.717, 1.165) is 16.3 Å². The van der Waals surface area contributed by atoms with Crippen molar-refractivity contribution in [2.24, 2.45) is 0 Å².